The Morgan fingerprint density at radius 2 is 1.94 bits per heavy atom. The number of carbonyl (C=O) groups is 1. The molecule has 0 aromatic heterocycles. The second-order valence-corrected chi connectivity index (χ2v) is 4.04. The fraction of sp³-hybridized carbons (Fsp3) is 0.0714. The molecule has 2 aromatic carbocycles. The third kappa shape index (κ3) is 2.60. The molecule has 0 atom stereocenters. The summed E-state index contributed by atoms with van der Waals surface area (Å²) in [6.07, 6.45) is 0. The number of benzene rings is 2. The summed E-state index contributed by atoms with van der Waals surface area (Å²) in [6.45, 7) is 1.96. The molecule has 2 rings (SSSR count). The summed E-state index contributed by atoms with van der Waals surface area (Å²) in [5.41, 5.74) is 12.7. The number of nitrogen functional groups attached to an aromatic ring is 1. The molecule has 1 amide bonds. The first kappa shape index (κ1) is 12.0. The monoisotopic (exact) mass is 242 g/mol. The van der Waals surface area contributed by atoms with Crippen molar-refractivity contribution in [2.45, 2.75) is 6.92 Å². The Bertz CT molecular complexity index is 594. The number of primary amides is 1. The standard InChI is InChI=1S/C14H14N2O2/c1-9-3-2-4-11(7-9)18-13-6-5-10(15)8-12(13)14(16)17/h2-8H,15H2,1H3,(H2,16,17). The highest BCUT2D eigenvalue weighted by atomic mass is 16.5. The molecule has 0 fully saturated rings. The van der Waals surface area contributed by atoms with Gasteiger partial charge in [-0.05, 0) is 42.8 Å². The van der Waals surface area contributed by atoms with Gasteiger partial charge in [0.1, 0.15) is 11.5 Å². The van der Waals surface area contributed by atoms with Crippen LogP contribution < -0.4 is 16.2 Å². The highest BCUT2D eigenvalue weighted by Crippen LogP contribution is 2.27. The van der Waals surface area contributed by atoms with Gasteiger partial charge in [-0.2, -0.15) is 0 Å². The third-order valence-electron chi connectivity index (χ3n) is 2.49. The lowest BCUT2D eigenvalue weighted by molar-refractivity contribution is 0.0998. The van der Waals surface area contributed by atoms with E-state index in [9.17, 15) is 4.79 Å². The van der Waals surface area contributed by atoms with Gasteiger partial charge in [-0.15, -0.1) is 0 Å². The molecule has 0 aliphatic rings. The van der Waals surface area contributed by atoms with E-state index < -0.39 is 5.91 Å². The van der Waals surface area contributed by atoms with Gasteiger partial charge < -0.3 is 16.2 Å². The molecule has 2 aromatic rings. The molecule has 4 nitrogen and oxygen atoms in total. The number of hydrogen-bond acceptors (Lipinski definition) is 3. The van der Waals surface area contributed by atoms with Crippen molar-refractivity contribution in [3.63, 3.8) is 0 Å². The average molecular weight is 242 g/mol. The summed E-state index contributed by atoms with van der Waals surface area (Å²) in [4.78, 5) is 11.3. The largest absolute Gasteiger partial charge is 0.457 e. The molecule has 0 saturated heterocycles. The molecule has 0 unspecified atom stereocenters. The van der Waals surface area contributed by atoms with Crippen LogP contribution in [0.4, 0.5) is 5.69 Å². The van der Waals surface area contributed by atoms with E-state index in [-0.39, 0.29) is 5.56 Å². The fourth-order valence-corrected chi connectivity index (χ4v) is 1.63. The number of carbonyl (C=O) groups excluding carboxylic acids is 1. The summed E-state index contributed by atoms with van der Waals surface area (Å²) >= 11 is 0. The first-order valence-corrected chi connectivity index (χ1v) is 5.50. The van der Waals surface area contributed by atoms with Crippen LogP contribution in [0.2, 0.25) is 0 Å². The molecule has 0 aliphatic carbocycles. The van der Waals surface area contributed by atoms with Crippen LogP contribution in [0.15, 0.2) is 42.5 Å². The number of amides is 1. The maximum Gasteiger partial charge on any atom is 0.252 e. The van der Waals surface area contributed by atoms with E-state index in [0.717, 1.165) is 5.56 Å². The summed E-state index contributed by atoms with van der Waals surface area (Å²) < 4.78 is 5.65. The molecule has 0 spiro atoms. The Labute approximate surface area is 105 Å². The van der Waals surface area contributed by atoms with Gasteiger partial charge in [0.2, 0.25) is 0 Å². The number of ether oxygens (including phenoxy) is 1. The van der Waals surface area contributed by atoms with E-state index in [1.54, 1.807) is 12.1 Å². The van der Waals surface area contributed by atoms with E-state index in [2.05, 4.69) is 0 Å². The lowest BCUT2D eigenvalue weighted by atomic mass is 10.1. The molecule has 18 heavy (non-hydrogen) atoms. The fourth-order valence-electron chi connectivity index (χ4n) is 1.63. The first-order chi connectivity index (χ1) is 8.56. The zero-order valence-corrected chi connectivity index (χ0v) is 10.0. The maximum absolute atomic E-state index is 11.3. The van der Waals surface area contributed by atoms with Gasteiger partial charge in [0, 0.05) is 5.69 Å². The summed E-state index contributed by atoms with van der Waals surface area (Å²) in [5.74, 6) is 0.495. The molecule has 4 heteroatoms. The molecular formula is C14H14N2O2. The number of aryl methyl sites for hydroxylation is 1. The van der Waals surface area contributed by atoms with Crippen molar-refractivity contribution in [1.29, 1.82) is 0 Å². The maximum atomic E-state index is 11.3. The molecule has 92 valence electrons. The second kappa shape index (κ2) is 4.79. The van der Waals surface area contributed by atoms with E-state index in [1.165, 1.54) is 6.07 Å². The molecule has 0 radical (unpaired) electrons. The predicted octanol–water partition coefficient (Wildman–Crippen LogP) is 2.47. The Morgan fingerprint density at radius 1 is 1.17 bits per heavy atom. The van der Waals surface area contributed by atoms with E-state index in [0.29, 0.717) is 17.2 Å². The van der Waals surface area contributed by atoms with Crippen LogP contribution in [0, 0.1) is 6.92 Å². The number of hydrogen-bond donors (Lipinski definition) is 2. The van der Waals surface area contributed by atoms with Crippen LogP contribution in [-0.2, 0) is 0 Å². The zero-order valence-electron chi connectivity index (χ0n) is 10.0. The number of nitrogens with two attached hydrogens (primary N) is 2. The Hall–Kier alpha value is -2.49. The minimum Gasteiger partial charge on any atom is -0.457 e. The number of anilines is 1. The average Bonchev–Trinajstić information content (AvgIpc) is 2.31. The quantitative estimate of drug-likeness (QED) is 0.811. The SMILES string of the molecule is Cc1cccc(Oc2ccc(N)cc2C(N)=O)c1. The summed E-state index contributed by atoms with van der Waals surface area (Å²) in [5, 5.41) is 0. The first-order valence-electron chi connectivity index (χ1n) is 5.50. The van der Waals surface area contributed by atoms with Crippen molar-refractivity contribution in [2.75, 3.05) is 5.73 Å². The molecule has 0 bridgehead atoms. The van der Waals surface area contributed by atoms with Crippen LogP contribution in [0.25, 0.3) is 0 Å². The van der Waals surface area contributed by atoms with E-state index >= 15 is 0 Å². The van der Waals surface area contributed by atoms with Crippen LogP contribution in [-0.4, -0.2) is 5.91 Å². The zero-order chi connectivity index (χ0) is 13.1. The van der Waals surface area contributed by atoms with Gasteiger partial charge in [0.25, 0.3) is 5.91 Å². The number of rotatable bonds is 3. The predicted molar refractivity (Wildman–Crippen MR) is 70.6 cm³/mol. The van der Waals surface area contributed by atoms with Gasteiger partial charge in [-0.25, -0.2) is 0 Å². The van der Waals surface area contributed by atoms with Crippen molar-refractivity contribution in [3.8, 4) is 11.5 Å². The van der Waals surface area contributed by atoms with E-state index in [4.69, 9.17) is 16.2 Å². The second-order valence-electron chi connectivity index (χ2n) is 4.04. The van der Waals surface area contributed by atoms with Gasteiger partial charge in [-0.3, -0.25) is 4.79 Å². The molecule has 0 aliphatic heterocycles. The lowest BCUT2D eigenvalue weighted by Gasteiger charge is -2.10. The third-order valence-corrected chi connectivity index (χ3v) is 2.49. The van der Waals surface area contributed by atoms with E-state index in [1.807, 2.05) is 31.2 Å². The molecule has 0 saturated carbocycles. The van der Waals surface area contributed by atoms with Crippen molar-refractivity contribution in [3.05, 3.63) is 53.6 Å². The minimum absolute atomic E-state index is 0.275. The Balaban J connectivity index is 2.37. The van der Waals surface area contributed by atoms with Gasteiger partial charge in [0.05, 0.1) is 5.56 Å². The van der Waals surface area contributed by atoms with Crippen molar-refractivity contribution in [1.82, 2.24) is 0 Å². The van der Waals surface area contributed by atoms with Crippen molar-refractivity contribution >= 4 is 11.6 Å². The summed E-state index contributed by atoms with van der Waals surface area (Å²) in [6, 6.07) is 12.3. The van der Waals surface area contributed by atoms with Crippen molar-refractivity contribution in [2.24, 2.45) is 5.73 Å². The van der Waals surface area contributed by atoms with Gasteiger partial charge in [-0.1, -0.05) is 12.1 Å². The van der Waals surface area contributed by atoms with Crippen LogP contribution in [0.5, 0.6) is 11.5 Å². The minimum atomic E-state index is -0.565. The van der Waals surface area contributed by atoms with Crippen LogP contribution >= 0.6 is 0 Å². The lowest BCUT2D eigenvalue weighted by Crippen LogP contribution is -2.12. The van der Waals surface area contributed by atoms with Crippen LogP contribution in [0.3, 0.4) is 0 Å². The normalized spacial score (nSPS) is 10.1. The topological polar surface area (TPSA) is 78.3 Å². The molecule has 4 N–H and O–H groups in total. The molecular weight excluding hydrogens is 228 g/mol. The van der Waals surface area contributed by atoms with Gasteiger partial charge >= 0.3 is 0 Å². The van der Waals surface area contributed by atoms with Gasteiger partial charge in [0.15, 0.2) is 0 Å². The highest BCUT2D eigenvalue weighted by molar-refractivity contribution is 5.96. The Kier molecular flexibility index (Phi) is 3.19. The molecule has 0 heterocycles. The summed E-state index contributed by atoms with van der Waals surface area (Å²) in [7, 11) is 0. The smallest absolute Gasteiger partial charge is 0.252 e. The van der Waals surface area contributed by atoms with Crippen LogP contribution in [0.1, 0.15) is 15.9 Å². The Morgan fingerprint density at radius 3 is 2.61 bits per heavy atom. The highest BCUT2D eigenvalue weighted by Gasteiger charge is 2.10. The van der Waals surface area contributed by atoms with Crippen molar-refractivity contribution < 1.29 is 9.53 Å².